The van der Waals surface area contributed by atoms with Gasteiger partial charge in [-0.2, -0.15) is 5.10 Å². The number of hydrogen-bond acceptors (Lipinski definition) is 5. The van der Waals surface area contributed by atoms with Crippen LogP contribution in [-0.2, 0) is 9.59 Å². The van der Waals surface area contributed by atoms with Crippen molar-refractivity contribution in [3.63, 3.8) is 0 Å². The fourth-order valence-electron chi connectivity index (χ4n) is 1.11. The average Bonchev–Trinajstić information content (AvgIpc) is 2.28. The van der Waals surface area contributed by atoms with E-state index in [1.54, 1.807) is 6.07 Å². The first-order valence-corrected chi connectivity index (χ1v) is 4.69. The van der Waals surface area contributed by atoms with E-state index in [4.69, 9.17) is 16.6 Å². The molecule has 6 N–H and O–H groups in total. The highest BCUT2D eigenvalue weighted by Crippen LogP contribution is 2.14. The van der Waals surface area contributed by atoms with Gasteiger partial charge in [0, 0.05) is 0 Å². The minimum Gasteiger partial charge on any atom is -0.478 e. The lowest BCUT2D eigenvalue weighted by Crippen LogP contribution is -2.36. The lowest BCUT2D eigenvalue weighted by atomic mass is 10.2. The van der Waals surface area contributed by atoms with Crippen molar-refractivity contribution in [2.24, 2.45) is 16.6 Å². The number of nitrogens with two attached hydrogens (primary N) is 2. The molecule has 1 aromatic rings. The first-order valence-electron chi connectivity index (χ1n) is 4.69. The lowest BCUT2D eigenvalue weighted by molar-refractivity contribution is -0.115. The number of benzene rings is 1. The molecule has 0 unspecified atom stereocenters. The molecule has 0 saturated heterocycles. The molecule has 18 heavy (non-hydrogen) atoms. The van der Waals surface area contributed by atoms with Gasteiger partial charge in [-0.3, -0.25) is 15.0 Å². The fraction of sp³-hybridized carbons (Fsp3) is 0. The molecule has 0 fully saturated rings. The molecule has 0 heterocycles. The van der Waals surface area contributed by atoms with Gasteiger partial charge in [-0.25, -0.2) is 4.79 Å². The average molecular weight is 250 g/mol. The molecule has 0 aliphatic heterocycles. The van der Waals surface area contributed by atoms with Gasteiger partial charge in [0.2, 0.25) is 5.71 Å². The summed E-state index contributed by atoms with van der Waals surface area (Å²) < 4.78 is 0. The van der Waals surface area contributed by atoms with Crippen molar-refractivity contribution in [3.05, 3.63) is 29.8 Å². The molecule has 0 atom stereocenters. The highest BCUT2D eigenvalue weighted by Gasteiger charge is 2.15. The molecule has 1 aromatic carbocycles. The van der Waals surface area contributed by atoms with Gasteiger partial charge < -0.3 is 16.6 Å². The largest absolute Gasteiger partial charge is 0.478 e. The minimum absolute atomic E-state index is 0.0745. The zero-order valence-electron chi connectivity index (χ0n) is 9.08. The van der Waals surface area contributed by atoms with Gasteiger partial charge in [-0.1, -0.05) is 12.1 Å². The second-order valence-corrected chi connectivity index (χ2v) is 3.15. The number of amides is 2. The Bertz CT molecular complexity index is 522. The van der Waals surface area contributed by atoms with Crippen LogP contribution in [0.1, 0.15) is 10.4 Å². The molecule has 0 radical (unpaired) electrons. The van der Waals surface area contributed by atoms with Crippen LogP contribution >= 0.6 is 0 Å². The summed E-state index contributed by atoms with van der Waals surface area (Å²) in [6, 6.07) is 5.81. The van der Waals surface area contributed by atoms with Crippen molar-refractivity contribution in [3.8, 4) is 0 Å². The normalized spacial score (nSPS) is 9.33. The molecule has 8 heteroatoms. The number of primary amides is 2. The van der Waals surface area contributed by atoms with Crippen molar-refractivity contribution < 1.29 is 19.5 Å². The van der Waals surface area contributed by atoms with Crippen LogP contribution in [0.2, 0.25) is 0 Å². The number of nitrogens with one attached hydrogen (secondary N) is 1. The van der Waals surface area contributed by atoms with E-state index in [1.165, 1.54) is 18.2 Å². The maximum Gasteiger partial charge on any atom is 0.337 e. The molecule has 0 saturated carbocycles. The Labute approximate surface area is 101 Å². The van der Waals surface area contributed by atoms with Gasteiger partial charge in [0.25, 0.3) is 11.8 Å². The van der Waals surface area contributed by atoms with Crippen molar-refractivity contribution >= 4 is 29.2 Å². The maximum atomic E-state index is 10.9. The van der Waals surface area contributed by atoms with Crippen LogP contribution in [0, 0.1) is 0 Å². The zero-order valence-corrected chi connectivity index (χ0v) is 9.08. The van der Waals surface area contributed by atoms with Crippen LogP contribution in [0.5, 0.6) is 0 Å². The van der Waals surface area contributed by atoms with Crippen molar-refractivity contribution in [2.75, 3.05) is 5.43 Å². The van der Waals surface area contributed by atoms with E-state index in [9.17, 15) is 14.4 Å². The zero-order chi connectivity index (χ0) is 13.7. The fourth-order valence-corrected chi connectivity index (χ4v) is 1.11. The van der Waals surface area contributed by atoms with Gasteiger partial charge >= 0.3 is 5.97 Å². The molecule has 0 bridgehead atoms. The third-order valence-corrected chi connectivity index (χ3v) is 1.91. The second-order valence-electron chi connectivity index (χ2n) is 3.15. The van der Waals surface area contributed by atoms with E-state index in [0.29, 0.717) is 0 Å². The van der Waals surface area contributed by atoms with Crippen molar-refractivity contribution in [2.45, 2.75) is 0 Å². The number of para-hydroxylation sites is 1. The summed E-state index contributed by atoms with van der Waals surface area (Å²) in [4.78, 5) is 32.5. The molecule has 0 aliphatic rings. The Kier molecular flexibility index (Phi) is 3.98. The quantitative estimate of drug-likeness (QED) is 0.304. The number of carbonyl (C=O) groups excluding carboxylic acids is 2. The number of carboxylic acids is 1. The summed E-state index contributed by atoms with van der Waals surface area (Å²) in [5.74, 6) is -3.40. The van der Waals surface area contributed by atoms with Crippen LogP contribution in [-0.4, -0.2) is 28.6 Å². The maximum absolute atomic E-state index is 10.9. The van der Waals surface area contributed by atoms with Crippen LogP contribution in [0.15, 0.2) is 29.4 Å². The first kappa shape index (κ1) is 13.2. The van der Waals surface area contributed by atoms with E-state index in [-0.39, 0.29) is 11.3 Å². The Balaban J connectivity index is 3.05. The van der Waals surface area contributed by atoms with Crippen molar-refractivity contribution in [1.82, 2.24) is 0 Å². The number of carboxylic acid groups (broad SMARTS) is 1. The Morgan fingerprint density at radius 1 is 1.11 bits per heavy atom. The van der Waals surface area contributed by atoms with Crippen LogP contribution in [0.25, 0.3) is 0 Å². The Morgan fingerprint density at radius 3 is 2.17 bits per heavy atom. The number of aromatic carboxylic acids is 1. The number of anilines is 1. The van der Waals surface area contributed by atoms with Gasteiger partial charge in [0.05, 0.1) is 11.3 Å². The van der Waals surface area contributed by atoms with Crippen LogP contribution in [0.3, 0.4) is 0 Å². The molecular formula is C10H10N4O4. The van der Waals surface area contributed by atoms with Crippen LogP contribution in [0.4, 0.5) is 5.69 Å². The molecular weight excluding hydrogens is 240 g/mol. The smallest absolute Gasteiger partial charge is 0.337 e. The summed E-state index contributed by atoms with van der Waals surface area (Å²) in [5, 5.41) is 12.3. The molecule has 0 spiro atoms. The van der Waals surface area contributed by atoms with E-state index >= 15 is 0 Å². The third kappa shape index (κ3) is 3.04. The Morgan fingerprint density at radius 2 is 1.67 bits per heavy atom. The minimum atomic E-state index is -1.19. The predicted octanol–water partition coefficient (Wildman–Crippen LogP) is -0.877. The SMILES string of the molecule is NC(=O)C(=NNc1ccccc1C(=O)O)C(N)=O. The monoisotopic (exact) mass is 250 g/mol. The molecule has 0 aromatic heterocycles. The third-order valence-electron chi connectivity index (χ3n) is 1.91. The number of carbonyl (C=O) groups is 3. The van der Waals surface area contributed by atoms with E-state index < -0.39 is 23.5 Å². The predicted molar refractivity (Wildman–Crippen MR) is 62.8 cm³/mol. The van der Waals surface area contributed by atoms with Crippen molar-refractivity contribution in [1.29, 1.82) is 0 Å². The van der Waals surface area contributed by atoms with Gasteiger partial charge in [0.15, 0.2) is 0 Å². The summed E-state index contributed by atoms with van der Waals surface area (Å²) in [5.41, 5.74) is 11.3. The van der Waals surface area contributed by atoms with Gasteiger partial charge in [0.1, 0.15) is 0 Å². The lowest BCUT2D eigenvalue weighted by Gasteiger charge is -2.05. The summed E-state index contributed by atoms with van der Waals surface area (Å²) in [7, 11) is 0. The molecule has 8 nitrogen and oxygen atoms in total. The number of nitrogens with zero attached hydrogens (tertiary/aromatic N) is 1. The molecule has 1 rings (SSSR count). The summed E-state index contributed by atoms with van der Waals surface area (Å²) in [6.07, 6.45) is 0. The highest BCUT2D eigenvalue weighted by molar-refractivity contribution is 6.64. The summed E-state index contributed by atoms with van der Waals surface area (Å²) in [6.45, 7) is 0. The summed E-state index contributed by atoms with van der Waals surface area (Å²) >= 11 is 0. The topological polar surface area (TPSA) is 148 Å². The first-order chi connectivity index (χ1) is 8.43. The van der Waals surface area contributed by atoms with Gasteiger partial charge in [-0.15, -0.1) is 0 Å². The number of rotatable bonds is 5. The molecule has 0 aliphatic carbocycles. The highest BCUT2D eigenvalue weighted by atomic mass is 16.4. The second kappa shape index (κ2) is 5.43. The van der Waals surface area contributed by atoms with E-state index in [0.717, 1.165) is 0 Å². The Hall–Kier alpha value is -2.90. The van der Waals surface area contributed by atoms with Gasteiger partial charge in [-0.05, 0) is 12.1 Å². The van der Waals surface area contributed by atoms with Crippen LogP contribution < -0.4 is 16.9 Å². The molecule has 94 valence electrons. The van der Waals surface area contributed by atoms with E-state index in [1.807, 2.05) is 0 Å². The number of hydrazone groups is 1. The standard InChI is InChI=1S/C10H10N4O4/c11-8(15)7(9(12)16)14-13-6-4-2-1-3-5(6)10(17)18/h1-4,13H,(H2,11,15)(H2,12,16)(H,17,18). The number of hydrogen-bond donors (Lipinski definition) is 4. The molecule has 2 amide bonds. The van der Waals surface area contributed by atoms with E-state index in [2.05, 4.69) is 10.5 Å².